The van der Waals surface area contributed by atoms with Gasteiger partial charge in [-0.2, -0.15) is 0 Å². The van der Waals surface area contributed by atoms with E-state index in [2.05, 4.69) is 12.2 Å². The van der Waals surface area contributed by atoms with E-state index in [1.54, 1.807) is 19.2 Å². The SMILES string of the molecule is CCCCCN(C)S(=O)(=O)c1ccc2c(c1)CCN2. The Kier molecular flexibility index (Phi) is 4.47. The van der Waals surface area contributed by atoms with Crippen LogP contribution in [0.2, 0.25) is 0 Å². The molecule has 0 bridgehead atoms. The number of nitrogens with zero attached hydrogens (tertiary/aromatic N) is 1. The van der Waals surface area contributed by atoms with Crippen molar-refractivity contribution in [1.29, 1.82) is 0 Å². The Balaban J connectivity index is 2.15. The molecule has 0 amide bonds. The molecule has 0 saturated heterocycles. The second kappa shape index (κ2) is 5.92. The molecular weight excluding hydrogens is 260 g/mol. The molecule has 0 atom stereocenters. The van der Waals surface area contributed by atoms with Gasteiger partial charge in [-0.3, -0.25) is 0 Å². The van der Waals surface area contributed by atoms with Crippen molar-refractivity contribution in [2.75, 3.05) is 25.5 Å². The minimum atomic E-state index is -3.34. The third kappa shape index (κ3) is 3.09. The van der Waals surface area contributed by atoms with Gasteiger partial charge in [0.15, 0.2) is 0 Å². The van der Waals surface area contributed by atoms with E-state index < -0.39 is 10.0 Å². The van der Waals surface area contributed by atoms with Gasteiger partial charge in [0, 0.05) is 25.8 Å². The molecule has 2 rings (SSSR count). The van der Waals surface area contributed by atoms with Crippen molar-refractivity contribution in [3.63, 3.8) is 0 Å². The Morgan fingerprint density at radius 3 is 2.84 bits per heavy atom. The molecule has 1 N–H and O–H groups in total. The zero-order chi connectivity index (χ0) is 13.9. The number of fused-ring (bicyclic) bond motifs is 1. The number of hydrogen-bond donors (Lipinski definition) is 1. The number of rotatable bonds is 6. The smallest absolute Gasteiger partial charge is 0.242 e. The van der Waals surface area contributed by atoms with Crippen LogP contribution in [0.5, 0.6) is 0 Å². The number of sulfonamides is 1. The molecule has 1 aliphatic heterocycles. The molecule has 106 valence electrons. The van der Waals surface area contributed by atoms with E-state index in [-0.39, 0.29) is 0 Å². The van der Waals surface area contributed by atoms with Crippen LogP contribution in [0.4, 0.5) is 5.69 Å². The van der Waals surface area contributed by atoms with Gasteiger partial charge in [0.1, 0.15) is 0 Å². The minimum absolute atomic E-state index is 0.411. The first kappa shape index (κ1) is 14.3. The highest BCUT2D eigenvalue weighted by Gasteiger charge is 2.22. The van der Waals surface area contributed by atoms with Crippen molar-refractivity contribution >= 4 is 15.7 Å². The van der Waals surface area contributed by atoms with E-state index in [0.29, 0.717) is 11.4 Å². The predicted molar refractivity (Wildman–Crippen MR) is 78.0 cm³/mol. The first-order valence-electron chi connectivity index (χ1n) is 6.89. The summed E-state index contributed by atoms with van der Waals surface area (Å²) in [7, 11) is -1.67. The molecule has 0 unspecified atom stereocenters. The Bertz CT molecular complexity index is 540. The molecule has 0 saturated carbocycles. The van der Waals surface area contributed by atoms with Crippen molar-refractivity contribution in [2.24, 2.45) is 0 Å². The summed E-state index contributed by atoms with van der Waals surface area (Å²) in [4.78, 5) is 0.411. The van der Waals surface area contributed by atoms with Crippen molar-refractivity contribution in [3.8, 4) is 0 Å². The first-order chi connectivity index (χ1) is 9.05. The van der Waals surface area contributed by atoms with Crippen molar-refractivity contribution in [3.05, 3.63) is 23.8 Å². The van der Waals surface area contributed by atoms with Gasteiger partial charge in [-0.05, 0) is 36.6 Å². The highest BCUT2D eigenvalue weighted by atomic mass is 32.2. The van der Waals surface area contributed by atoms with E-state index in [4.69, 9.17) is 0 Å². The van der Waals surface area contributed by atoms with Crippen LogP contribution >= 0.6 is 0 Å². The van der Waals surface area contributed by atoms with E-state index >= 15 is 0 Å². The second-order valence-corrected chi connectivity index (χ2v) is 7.07. The Morgan fingerprint density at radius 2 is 2.11 bits per heavy atom. The first-order valence-corrected chi connectivity index (χ1v) is 8.33. The van der Waals surface area contributed by atoms with Crippen LogP contribution in [0, 0.1) is 0 Å². The molecule has 19 heavy (non-hydrogen) atoms. The number of anilines is 1. The van der Waals surface area contributed by atoms with E-state index in [1.807, 2.05) is 6.07 Å². The van der Waals surface area contributed by atoms with Crippen LogP contribution in [-0.4, -0.2) is 32.9 Å². The molecule has 5 heteroatoms. The zero-order valence-corrected chi connectivity index (χ0v) is 12.5. The summed E-state index contributed by atoms with van der Waals surface area (Å²) in [5.41, 5.74) is 2.16. The second-order valence-electron chi connectivity index (χ2n) is 5.03. The molecule has 0 radical (unpaired) electrons. The van der Waals surface area contributed by atoms with Crippen LogP contribution in [0.1, 0.15) is 31.7 Å². The lowest BCUT2D eigenvalue weighted by atomic mass is 10.2. The lowest BCUT2D eigenvalue weighted by Gasteiger charge is -2.17. The van der Waals surface area contributed by atoms with E-state index in [9.17, 15) is 8.42 Å². The summed E-state index contributed by atoms with van der Waals surface area (Å²) >= 11 is 0. The molecular formula is C14H22N2O2S. The maximum absolute atomic E-state index is 12.4. The minimum Gasteiger partial charge on any atom is -0.384 e. The third-order valence-corrected chi connectivity index (χ3v) is 5.42. The van der Waals surface area contributed by atoms with Crippen LogP contribution < -0.4 is 5.32 Å². The highest BCUT2D eigenvalue weighted by Crippen LogP contribution is 2.26. The monoisotopic (exact) mass is 282 g/mol. The Hall–Kier alpha value is -1.07. The number of benzene rings is 1. The van der Waals surface area contributed by atoms with Gasteiger partial charge in [0.2, 0.25) is 10.0 Å². The van der Waals surface area contributed by atoms with Gasteiger partial charge in [0.25, 0.3) is 0 Å². The highest BCUT2D eigenvalue weighted by molar-refractivity contribution is 7.89. The van der Waals surface area contributed by atoms with Gasteiger partial charge in [0.05, 0.1) is 4.90 Å². The molecule has 1 aromatic rings. The summed E-state index contributed by atoms with van der Waals surface area (Å²) in [6.07, 6.45) is 3.98. The summed E-state index contributed by atoms with van der Waals surface area (Å²) in [6, 6.07) is 5.37. The molecule has 0 aromatic heterocycles. The van der Waals surface area contributed by atoms with Crippen LogP contribution in [0.15, 0.2) is 23.1 Å². The lowest BCUT2D eigenvalue weighted by molar-refractivity contribution is 0.454. The van der Waals surface area contributed by atoms with Gasteiger partial charge in [-0.25, -0.2) is 12.7 Å². The summed E-state index contributed by atoms with van der Waals surface area (Å²) in [6.45, 7) is 3.60. The fourth-order valence-corrected chi connectivity index (χ4v) is 3.59. The predicted octanol–water partition coefficient (Wildman–Crippen LogP) is 2.47. The molecule has 0 spiro atoms. The quantitative estimate of drug-likeness (QED) is 0.815. The molecule has 4 nitrogen and oxygen atoms in total. The lowest BCUT2D eigenvalue weighted by Crippen LogP contribution is -2.28. The standard InChI is InChI=1S/C14H22N2O2S/c1-3-4-5-10-16(2)19(17,18)13-6-7-14-12(11-13)8-9-15-14/h6-7,11,15H,3-5,8-10H2,1-2H3. The topological polar surface area (TPSA) is 49.4 Å². The van der Waals surface area contributed by atoms with Gasteiger partial charge < -0.3 is 5.32 Å². The molecule has 0 aliphatic carbocycles. The fourth-order valence-electron chi connectivity index (χ4n) is 2.33. The Morgan fingerprint density at radius 1 is 1.32 bits per heavy atom. The largest absolute Gasteiger partial charge is 0.384 e. The maximum Gasteiger partial charge on any atom is 0.242 e. The molecule has 0 fully saturated rings. The average Bonchev–Trinajstić information content (AvgIpc) is 2.85. The van der Waals surface area contributed by atoms with Gasteiger partial charge in [-0.15, -0.1) is 0 Å². The summed E-state index contributed by atoms with van der Waals surface area (Å²) in [5, 5.41) is 3.24. The number of hydrogen-bond acceptors (Lipinski definition) is 3. The summed E-state index contributed by atoms with van der Waals surface area (Å²) < 4.78 is 26.3. The summed E-state index contributed by atoms with van der Waals surface area (Å²) in [5.74, 6) is 0. The van der Waals surface area contributed by atoms with Crippen molar-refractivity contribution < 1.29 is 8.42 Å². The van der Waals surface area contributed by atoms with E-state index in [0.717, 1.165) is 43.5 Å². The third-order valence-electron chi connectivity index (χ3n) is 3.57. The van der Waals surface area contributed by atoms with Crippen molar-refractivity contribution in [1.82, 2.24) is 4.31 Å². The maximum atomic E-state index is 12.4. The fraction of sp³-hybridized carbons (Fsp3) is 0.571. The van der Waals surface area contributed by atoms with Crippen molar-refractivity contribution in [2.45, 2.75) is 37.5 Å². The van der Waals surface area contributed by atoms with Gasteiger partial charge in [-0.1, -0.05) is 19.8 Å². The molecule has 1 heterocycles. The van der Waals surface area contributed by atoms with Gasteiger partial charge >= 0.3 is 0 Å². The average molecular weight is 282 g/mol. The number of nitrogens with one attached hydrogen (secondary N) is 1. The van der Waals surface area contributed by atoms with Crippen LogP contribution in [0.3, 0.4) is 0 Å². The Labute approximate surface area is 115 Å². The van der Waals surface area contributed by atoms with Crippen LogP contribution in [-0.2, 0) is 16.4 Å². The number of unbranched alkanes of at least 4 members (excludes halogenated alkanes) is 2. The normalized spacial score (nSPS) is 14.5. The zero-order valence-electron chi connectivity index (χ0n) is 11.6. The van der Waals surface area contributed by atoms with E-state index in [1.165, 1.54) is 4.31 Å². The molecule has 1 aliphatic rings. The van der Waals surface area contributed by atoms with Crippen LogP contribution in [0.25, 0.3) is 0 Å². The molecule has 1 aromatic carbocycles.